The van der Waals surface area contributed by atoms with Crippen LogP contribution in [-0.4, -0.2) is 34.5 Å². The summed E-state index contributed by atoms with van der Waals surface area (Å²) in [6, 6.07) is 5.27. The highest BCUT2D eigenvalue weighted by atomic mass is 35.5. The van der Waals surface area contributed by atoms with Gasteiger partial charge >= 0.3 is 5.97 Å². The minimum atomic E-state index is -0.789. The van der Waals surface area contributed by atoms with Crippen LogP contribution in [0.15, 0.2) is 18.2 Å². The second-order valence-electron chi connectivity index (χ2n) is 5.23. The summed E-state index contributed by atoms with van der Waals surface area (Å²) in [5.74, 6) is -1.30. The normalized spacial score (nSPS) is 11.1. The lowest BCUT2D eigenvalue weighted by Crippen LogP contribution is -2.31. The van der Waals surface area contributed by atoms with Gasteiger partial charge in [0.2, 0.25) is 5.91 Å². The van der Waals surface area contributed by atoms with Crippen molar-refractivity contribution in [3.63, 3.8) is 0 Å². The summed E-state index contributed by atoms with van der Waals surface area (Å²) in [6.07, 6.45) is 0.738. The molecule has 3 N–H and O–H groups in total. The van der Waals surface area contributed by atoms with Gasteiger partial charge in [0.25, 0.3) is 0 Å². The molecule has 0 aliphatic rings. The zero-order valence-electron chi connectivity index (χ0n) is 12.3. The number of carboxylic acids is 1. The van der Waals surface area contributed by atoms with Crippen LogP contribution in [-0.2, 0) is 11.3 Å². The molecule has 1 aromatic carbocycles. The third-order valence-electron chi connectivity index (χ3n) is 3.28. The van der Waals surface area contributed by atoms with E-state index in [2.05, 4.69) is 4.90 Å². The smallest absolute Gasteiger partial charge is 0.303 e. The van der Waals surface area contributed by atoms with Gasteiger partial charge in [-0.25, -0.2) is 0 Å². The van der Waals surface area contributed by atoms with E-state index in [1.54, 1.807) is 18.2 Å². The van der Waals surface area contributed by atoms with Gasteiger partial charge in [-0.15, -0.1) is 0 Å². The van der Waals surface area contributed by atoms with Gasteiger partial charge in [0.1, 0.15) is 0 Å². The molecule has 0 saturated carbocycles. The Morgan fingerprint density at radius 3 is 2.52 bits per heavy atom. The second-order valence-corrected chi connectivity index (χ2v) is 5.64. The number of primary amides is 1. The van der Waals surface area contributed by atoms with E-state index < -0.39 is 11.9 Å². The zero-order chi connectivity index (χ0) is 16.0. The molecule has 0 aliphatic heterocycles. The number of carboxylic acid groups (broad SMARTS) is 1. The highest BCUT2D eigenvalue weighted by molar-refractivity contribution is 6.31. The number of nitrogens with zero attached hydrogens (tertiary/aromatic N) is 1. The number of carbonyl (C=O) groups is 2. The van der Waals surface area contributed by atoms with Crippen LogP contribution in [0, 0.1) is 0 Å². The molecule has 0 atom stereocenters. The number of aliphatic carboxylic acids is 1. The van der Waals surface area contributed by atoms with Crippen molar-refractivity contribution in [2.45, 2.75) is 39.3 Å². The molecule has 116 valence electrons. The molecule has 21 heavy (non-hydrogen) atoms. The van der Waals surface area contributed by atoms with Crippen LogP contribution >= 0.6 is 11.6 Å². The summed E-state index contributed by atoms with van der Waals surface area (Å²) < 4.78 is 0. The number of hydrogen-bond donors (Lipinski definition) is 2. The molecule has 0 aliphatic carbocycles. The van der Waals surface area contributed by atoms with Gasteiger partial charge in [0.05, 0.1) is 0 Å². The Hall–Kier alpha value is -1.59. The molecular formula is C15H21ClN2O3. The summed E-state index contributed by atoms with van der Waals surface area (Å²) in [7, 11) is 0. The monoisotopic (exact) mass is 312 g/mol. The van der Waals surface area contributed by atoms with E-state index in [1.165, 1.54) is 0 Å². The van der Waals surface area contributed by atoms with Crippen LogP contribution in [0.5, 0.6) is 0 Å². The number of halogens is 1. The van der Waals surface area contributed by atoms with Crippen LogP contribution < -0.4 is 5.73 Å². The topological polar surface area (TPSA) is 83.6 Å². The van der Waals surface area contributed by atoms with Crippen LogP contribution in [0.1, 0.15) is 42.6 Å². The van der Waals surface area contributed by atoms with Crippen LogP contribution in [0.3, 0.4) is 0 Å². The van der Waals surface area contributed by atoms with Crippen molar-refractivity contribution < 1.29 is 14.7 Å². The number of nitrogens with two attached hydrogens (primary N) is 1. The first kappa shape index (κ1) is 17.5. The average Bonchev–Trinajstić information content (AvgIpc) is 2.38. The molecule has 5 nitrogen and oxygen atoms in total. The number of hydrogen-bond acceptors (Lipinski definition) is 3. The van der Waals surface area contributed by atoms with Gasteiger partial charge in [-0.05, 0) is 44.5 Å². The first-order chi connectivity index (χ1) is 9.81. The molecular weight excluding hydrogens is 292 g/mol. The molecule has 0 unspecified atom stereocenters. The highest BCUT2D eigenvalue weighted by Gasteiger charge is 2.13. The fourth-order valence-corrected chi connectivity index (χ4v) is 2.24. The van der Waals surface area contributed by atoms with Crippen LogP contribution in [0.2, 0.25) is 5.02 Å². The Kier molecular flexibility index (Phi) is 6.65. The predicted molar refractivity (Wildman–Crippen MR) is 82.4 cm³/mol. The van der Waals surface area contributed by atoms with Crippen molar-refractivity contribution in [2.75, 3.05) is 6.54 Å². The van der Waals surface area contributed by atoms with E-state index in [4.69, 9.17) is 22.4 Å². The number of carbonyl (C=O) groups excluding carboxylic acids is 1. The maximum Gasteiger partial charge on any atom is 0.303 e. The lowest BCUT2D eigenvalue weighted by Gasteiger charge is -2.26. The maximum atomic E-state index is 11.1. The molecule has 0 fully saturated rings. The first-order valence-corrected chi connectivity index (χ1v) is 7.23. The Bertz CT molecular complexity index is 518. The van der Waals surface area contributed by atoms with E-state index in [9.17, 15) is 9.59 Å². The fraction of sp³-hybridized carbons (Fsp3) is 0.467. The molecule has 0 spiro atoms. The van der Waals surface area contributed by atoms with E-state index >= 15 is 0 Å². The molecule has 0 aromatic heterocycles. The van der Waals surface area contributed by atoms with E-state index in [0.29, 0.717) is 30.1 Å². The molecule has 6 heteroatoms. The lowest BCUT2D eigenvalue weighted by atomic mass is 10.1. The number of rotatable bonds is 8. The Morgan fingerprint density at radius 2 is 2.05 bits per heavy atom. The van der Waals surface area contributed by atoms with Crippen molar-refractivity contribution in [2.24, 2.45) is 5.73 Å². The minimum Gasteiger partial charge on any atom is -0.481 e. The quantitative estimate of drug-likeness (QED) is 0.772. The van der Waals surface area contributed by atoms with Crippen LogP contribution in [0.4, 0.5) is 0 Å². The van der Waals surface area contributed by atoms with Crippen LogP contribution in [0.25, 0.3) is 0 Å². The molecule has 1 rings (SSSR count). The molecule has 1 amide bonds. The first-order valence-electron chi connectivity index (χ1n) is 6.85. The Morgan fingerprint density at radius 1 is 1.38 bits per heavy atom. The largest absolute Gasteiger partial charge is 0.481 e. The summed E-state index contributed by atoms with van der Waals surface area (Å²) in [4.78, 5) is 23.8. The van der Waals surface area contributed by atoms with Crippen molar-refractivity contribution in [1.82, 2.24) is 4.90 Å². The summed E-state index contributed by atoms with van der Waals surface area (Å²) in [5, 5.41) is 9.19. The molecule has 0 radical (unpaired) electrons. The lowest BCUT2D eigenvalue weighted by molar-refractivity contribution is -0.137. The van der Waals surface area contributed by atoms with Crippen molar-refractivity contribution in [3.8, 4) is 0 Å². The van der Waals surface area contributed by atoms with Gasteiger partial charge in [-0.2, -0.15) is 0 Å². The number of benzene rings is 1. The van der Waals surface area contributed by atoms with E-state index in [1.807, 2.05) is 13.8 Å². The summed E-state index contributed by atoms with van der Waals surface area (Å²) in [5.41, 5.74) is 6.49. The van der Waals surface area contributed by atoms with Gasteiger partial charge in [0.15, 0.2) is 0 Å². The van der Waals surface area contributed by atoms with Crippen molar-refractivity contribution >= 4 is 23.5 Å². The van der Waals surface area contributed by atoms with Crippen molar-refractivity contribution in [3.05, 3.63) is 34.3 Å². The van der Waals surface area contributed by atoms with E-state index in [0.717, 1.165) is 5.56 Å². The SMILES string of the molecule is CC(C)N(CCCC(=O)O)Cc1ccc(C(N)=O)cc1Cl. The molecule has 0 bridgehead atoms. The predicted octanol–water partition coefficient (Wildman–Crippen LogP) is 2.51. The minimum absolute atomic E-state index is 0.150. The van der Waals surface area contributed by atoms with Gasteiger partial charge in [-0.1, -0.05) is 17.7 Å². The molecule has 1 aromatic rings. The Labute approximate surface area is 129 Å². The highest BCUT2D eigenvalue weighted by Crippen LogP contribution is 2.20. The third kappa shape index (κ3) is 5.73. The zero-order valence-corrected chi connectivity index (χ0v) is 13.1. The maximum absolute atomic E-state index is 11.1. The number of amides is 1. The average molecular weight is 313 g/mol. The van der Waals surface area contributed by atoms with Gasteiger partial charge in [-0.3, -0.25) is 14.5 Å². The second kappa shape index (κ2) is 8.00. The molecule has 0 heterocycles. The van der Waals surface area contributed by atoms with E-state index in [-0.39, 0.29) is 12.5 Å². The van der Waals surface area contributed by atoms with Gasteiger partial charge < -0.3 is 10.8 Å². The standard InChI is InChI=1S/C15H21ClN2O3/c1-10(2)18(7-3-4-14(19)20)9-12-6-5-11(15(17)21)8-13(12)16/h5-6,8,10H,3-4,7,9H2,1-2H3,(H2,17,21)(H,19,20). The fourth-order valence-electron chi connectivity index (χ4n) is 2.00. The van der Waals surface area contributed by atoms with Crippen molar-refractivity contribution in [1.29, 1.82) is 0 Å². The summed E-state index contributed by atoms with van der Waals surface area (Å²) in [6.45, 7) is 5.38. The Balaban J connectivity index is 2.75. The summed E-state index contributed by atoms with van der Waals surface area (Å²) >= 11 is 6.18. The van der Waals surface area contributed by atoms with Gasteiger partial charge in [0, 0.05) is 29.6 Å². The third-order valence-corrected chi connectivity index (χ3v) is 3.63. The molecule has 0 saturated heterocycles.